The molecule has 3 rings (SSSR count). The molecule has 1 saturated carbocycles. The summed E-state index contributed by atoms with van der Waals surface area (Å²) >= 11 is 0. The maximum Gasteiger partial charge on any atom is 0.243 e. The van der Waals surface area contributed by atoms with E-state index >= 15 is 0 Å². The van der Waals surface area contributed by atoms with Gasteiger partial charge in [0.15, 0.2) is 11.6 Å². The van der Waals surface area contributed by atoms with Gasteiger partial charge in [0.1, 0.15) is 6.04 Å². The van der Waals surface area contributed by atoms with Crippen molar-refractivity contribution in [3.63, 3.8) is 0 Å². The maximum absolute atomic E-state index is 13.5. The number of carbonyl (C=O) groups is 2. The smallest absolute Gasteiger partial charge is 0.243 e. The molecule has 27 heavy (non-hydrogen) atoms. The monoisotopic (exact) mass is 378 g/mol. The summed E-state index contributed by atoms with van der Waals surface area (Å²) in [5, 5.41) is 3.05. The second kappa shape index (κ2) is 7.95. The van der Waals surface area contributed by atoms with Gasteiger partial charge in [0.2, 0.25) is 11.8 Å². The lowest BCUT2D eigenvalue weighted by Gasteiger charge is -2.40. The Labute approximate surface area is 159 Å². The molecule has 1 aromatic carbocycles. The third-order valence-corrected chi connectivity index (χ3v) is 5.54. The Bertz CT molecular complexity index is 722. The van der Waals surface area contributed by atoms with Gasteiger partial charge in [0, 0.05) is 18.5 Å². The Hall–Kier alpha value is -1.98. The van der Waals surface area contributed by atoms with Crippen molar-refractivity contribution in [1.82, 2.24) is 10.2 Å². The predicted molar refractivity (Wildman–Crippen MR) is 99.0 cm³/mol. The number of amides is 2. The van der Waals surface area contributed by atoms with Gasteiger partial charge in [-0.15, -0.1) is 0 Å². The first-order valence-electron chi connectivity index (χ1n) is 9.87. The second-order valence-electron chi connectivity index (χ2n) is 8.25. The molecule has 0 aromatic heterocycles. The lowest BCUT2D eigenvalue weighted by atomic mass is 9.96. The lowest BCUT2D eigenvalue weighted by Crippen LogP contribution is -2.62. The number of hydrogen-bond donors (Lipinski definition) is 1. The summed E-state index contributed by atoms with van der Waals surface area (Å²) in [4.78, 5) is 27.5. The summed E-state index contributed by atoms with van der Waals surface area (Å²) in [6, 6.07) is 3.37. The van der Waals surface area contributed by atoms with E-state index in [9.17, 15) is 18.4 Å². The summed E-state index contributed by atoms with van der Waals surface area (Å²) in [6.45, 7) is 6.65. The van der Waals surface area contributed by atoms with Crippen molar-refractivity contribution < 1.29 is 18.4 Å². The first kappa shape index (κ1) is 19.8. The zero-order chi connectivity index (χ0) is 19.7. The van der Waals surface area contributed by atoms with E-state index in [1.165, 1.54) is 6.07 Å². The minimum absolute atomic E-state index is 0.0182. The van der Waals surface area contributed by atoms with Crippen LogP contribution in [0, 0.1) is 23.5 Å². The largest absolute Gasteiger partial charge is 0.350 e. The van der Waals surface area contributed by atoms with E-state index in [0.29, 0.717) is 30.9 Å². The van der Waals surface area contributed by atoms with Gasteiger partial charge in [-0.1, -0.05) is 33.3 Å². The fraction of sp³-hybridized carbons (Fsp3) is 0.619. The van der Waals surface area contributed by atoms with Crippen LogP contribution in [0.15, 0.2) is 18.2 Å². The van der Waals surface area contributed by atoms with E-state index in [1.807, 2.05) is 13.8 Å². The van der Waals surface area contributed by atoms with E-state index in [0.717, 1.165) is 18.9 Å². The molecule has 0 unspecified atom stereocenters. The summed E-state index contributed by atoms with van der Waals surface area (Å²) in [5.41, 5.74) is 0.652. The van der Waals surface area contributed by atoms with Crippen LogP contribution in [-0.4, -0.2) is 35.3 Å². The molecule has 2 amide bonds. The lowest BCUT2D eigenvalue weighted by molar-refractivity contribution is -0.146. The molecule has 148 valence electrons. The molecule has 0 spiro atoms. The molecule has 2 aliphatic rings. The summed E-state index contributed by atoms with van der Waals surface area (Å²) < 4.78 is 26.7. The van der Waals surface area contributed by atoms with Gasteiger partial charge >= 0.3 is 0 Å². The zero-order valence-corrected chi connectivity index (χ0v) is 16.2. The molecule has 0 radical (unpaired) electrons. The highest BCUT2D eigenvalue weighted by Crippen LogP contribution is 2.49. The number of benzene rings is 1. The van der Waals surface area contributed by atoms with Gasteiger partial charge in [-0.3, -0.25) is 9.59 Å². The SMILES string of the molecule is CCC[C@H]1CN(C(=O)[C@@H]2C[C@H]2c2ccc(F)c(F)c2)[C@@H](CC(C)C)C(=O)N1. The number of hydrogen-bond acceptors (Lipinski definition) is 2. The molecule has 1 N–H and O–H groups in total. The van der Waals surface area contributed by atoms with Crippen molar-refractivity contribution in [1.29, 1.82) is 0 Å². The summed E-state index contributed by atoms with van der Waals surface area (Å²) in [5.74, 6) is -1.93. The minimum Gasteiger partial charge on any atom is -0.350 e. The highest BCUT2D eigenvalue weighted by atomic mass is 19.2. The van der Waals surface area contributed by atoms with Gasteiger partial charge in [-0.05, 0) is 48.8 Å². The first-order chi connectivity index (χ1) is 12.8. The normalized spacial score (nSPS) is 27.6. The number of piperazine rings is 1. The van der Waals surface area contributed by atoms with E-state index in [2.05, 4.69) is 12.2 Å². The quantitative estimate of drug-likeness (QED) is 0.822. The Kier molecular flexibility index (Phi) is 5.82. The third-order valence-electron chi connectivity index (χ3n) is 5.54. The standard InChI is InChI=1S/C21H28F2N2O2/c1-4-5-14-11-25(19(8-12(2)3)20(26)24-14)21(27)16-10-15(16)13-6-7-17(22)18(23)9-13/h6-7,9,12,14-16,19H,4-5,8,10-11H2,1-3H3,(H,24,26)/t14-,15-,16+,19-/m0/s1. The van der Waals surface area contributed by atoms with Gasteiger partial charge in [0.05, 0.1) is 0 Å². The number of rotatable bonds is 6. The average Bonchev–Trinajstić information content (AvgIpc) is 3.39. The molecule has 1 aromatic rings. The van der Waals surface area contributed by atoms with E-state index in [-0.39, 0.29) is 29.7 Å². The van der Waals surface area contributed by atoms with Crippen LogP contribution in [-0.2, 0) is 9.59 Å². The van der Waals surface area contributed by atoms with Crippen molar-refractivity contribution >= 4 is 11.8 Å². The van der Waals surface area contributed by atoms with E-state index in [4.69, 9.17) is 0 Å². The topological polar surface area (TPSA) is 49.4 Å². The molecule has 0 bridgehead atoms. The molecule has 2 fully saturated rings. The molecule has 4 atom stereocenters. The van der Waals surface area contributed by atoms with Crippen molar-refractivity contribution in [3.05, 3.63) is 35.4 Å². The van der Waals surface area contributed by atoms with Gasteiger partial charge in [0.25, 0.3) is 0 Å². The fourth-order valence-electron chi connectivity index (χ4n) is 4.08. The van der Waals surface area contributed by atoms with Crippen LogP contribution in [0.25, 0.3) is 0 Å². The fourth-order valence-corrected chi connectivity index (χ4v) is 4.08. The van der Waals surface area contributed by atoms with Gasteiger partial charge < -0.3 is 10.2 Å². The van der Waals surface area contributed by atoms with Crippen molar-refractivity contribution in [2.75, 3.05) is 6.54 Å². The number of nitrogens with one attached hydrogen (secondary N) is 1. The minimum atomic E-state index is -0.886. The molecule has 4 nitrogen and oxygen atoms in total. The van der Waals surface area contributed by atoms with Gasteiger partial charge in [-0.25, -0.2) is 8.78 Å². The van der Waals surface area contributed by atoms with Gasteiger partial charge in [-0.2, -0.15) is 0 Å². The van der Waals surface area contributed by atoms with Crippen LogP contribution in [0.4, 0.5) is 8.78 Å². The predicted octanol–water partition coefficient (Wildman–Crippen LogP) is 3.61. The van der Waals surface area contributed by atoms with Crippen LogP contribution in [0.2, 0.25) is 0 Å². The van der Waals surface area contributed by atoms with Crippen molar-refractivity contribution in [2.24, 2.45) is 11.8 Å². The summed E-state index contributed by atoms with van der Waals surface area (Å²) in [7, 11) is 0. The molecule has 1 aliphatic heterocycles. The Balaban J connectivity index is 1.75. The highest BCUT2D eigenvalue weighted by Gasteiger charge is 2.49. The van der Waals surface area contributed by atoms with E-state index < -0.39 is 17.7 Å². The molecule has 1 aliphatic carbocycles. The molecule has 1 heterocycles. The third kappa shape index (κ3) is 4.30. The van der Waals surface area contributed by atoms with Crippen LogP contribution in [0.3, 0.4) is 0 Å². The molecule has 6 heteroatoms. The maximum atomic E-state index is 13.5. The Morgan fingerprint density at radius 3 is 2.67 bits per heavy atom. The molecular formula is C21H28F2N2O2. The van der Waals surface area contributed by atoms with Crippen LogP contribution >= 0.6 is 0 Å². The number of halogens is 2. The van der Waals surface area contributed by atoms with Crippen molar-refractivity contribution in [3.8, 4) is 0 Å². The number of nitrogens with zero attached hydrogens (tertiary/aromatic N) is 1. The second-order valence-corrected chi connectivity index (χ2v) is 8.25. The van der Waals surface area contributed by atoms with Crippen LogP contribution < -0.4 is 5.32 Å². The van der Waals surface area contributed by atoms with E-state index in [1.54, 1.807) is 11.0 Å². The van der Waals surface area contributed by atoms with Crippen molar-refractivity contribution in [2.45, 2.75) is 64.5 Å². The Morgan fingerprint density at radius 2 is 2.04 bits per heavy atom. The molecular weight excluding hydrogens is 350 g/mol. The first-order valence-corrected chi connectivity index (χ1v) is 9.87. The average molecular weight is 378 g/mol. The molecule has 1 saturated heterocycles. The van der Waals surface area contributed by atoms with Crippen LogP contribution in [0.1, 0.15) is 57.9 Å². The highest BCUT2D eigenvalue weighted by molar-refractivity contribution is 5.91. The zero-order valence-electron chi connectivity index (χ0n) is 16.2. The Morgan fingerprint density at radius 1 is 1.30 bits per heavy atom. The number of carbonyl (C=O) groups excluding carboxylic acids is 2. The summed E-state index contributed by atoms with van der Waals surface area (Å²) in [6.07, 6.45) is 3.01. The van der Waals surface area contributed by atoms with Crippen LogP contribution in [0.5, 0.6) is 0 Å².